The molecule has 0 saturated carbocycles. The van der Waals surface area contributed by atoms with Gasteiger partial charge in [-0.05, 0) is 42.2 Å². The zero-order valence-electron chi connectivity index (χ0n) is 15.6. The molecule has 0 bridgehead atoms. The van der Waals surface area contributed by atoms with Crippen LogP contribution < -0.4 is 5.73 Å². The van der Waals surface area contributed by atoms with Crippen molar-refractivity contribution in [3.05, 3.63) is 83.4 Å². The minimum absolute atomic E-state index is 0.380. The summed E-state index contributed by atoms with van der Waals surface area (Å²) in [5, 5.41) is 2.05. The first-order valence-electron chi connectivity index (χ1n) is 9.56. The average molecular weight is 356 g/mol. The number of amides is 1. The molecule has 0 aliphatic rings. The molecule has 3 nitrogen and oxygen atoms in total. The van der Waals surface area contributed by atoms with Gasteiger partial charge in [0.1, 0.15) is 0 Å². The summed E-state index contributed by atoms with van der Waals surface area (Å²) in [7, 11) is 0. The molecule has 0 aliphatic heterocycles. The molecule has 0 saturated heterocycles. The summed E-state index contributed by atoms with van der Waals surface area (Å²) >= 11 is 0. The molecule has 0 unspecified atom stereocenters. The van der Waals surface area contributed by atoms with Crippen molar-refractivity contribution in [3.63, 3.8) is 0 Å². The zero-order chi connectivity index (χ0) is 18.8. The SMILES string of the molecule is CCCCc1ccc2c3c(C(N)=O)cccc3n(Cc3ccccc3)c2c1. The van der Waals surface area contributed by atoms with Crippen LogP contribution in [-0.4, -0.2) is 10.5 Å². The van der Waals surface area contributed by atoms with E-state index in [0.29, 0.717) is 5.56 Å². The Hall–Kier alpha value is -3.07. The third kappa shape index (κ3) is 3.21. The van der Waals surface area contributed by atoms with Gasteiger partial charge in [-0.2, -0.15) is 0 Å². The summed E-state index contributed by atoms with van der Waals surface area (Å²) in [5.74, 6) is -0.380. The van der Waals surface area contributed by atoms with Crippen LogP contribution in [0.15, 0.2) is 66.7 Å². The minimum atomic E-state index is -0.380. The number of nitrogens with two attached hydrogens (primary N) is 1. The second-order valence-corrected chi connectivity index (χ2v) is 7.09. The Balaban J connectivity index is 1.98. The molecule has 0 atom stereocenters. The second-order valence-electron chi connectivity index (χ2n) is 7.09. The highest BCUT2D eigenvalue weighted by Gasteiger charge is 2.16. The van der Waals surface area contributed by atoms with Crippen LogP contribution in [0.5, 0.6) is 0 Å². The van der Waals surface area contributed by atoms with E-state index in [4.69, 9.17) is 5.73 Å². The van der Waals surface area contributed by atoms with Crippen LogP contribution in [0.2, 0.25) is 0 Å². The van der Waals surface area contributed by atoms with Gasteiger partial charge in [-0.3, -0.25) is 4.79 Å². The van der Waals surface area contributed by atoms with E-state index in [1.807, 2.05) is 18.2 Å². The van der Waals surface area contributed by atoms with Gasteiger partial charge in [-0.1, -0.05) is 61.9 Å². The predicted molar refractivity (Wildman–Crippen MR) is 112 cm³/mol. The number of nitrogens with zero attached hydrogens (tertiary/aromatic N) is 1. The maximum atomic E-state index is 12.0. The molecule has 0 radical (unpaired) electrons. The molecule has 4 aromatic rings. The van der Waals surface area contributed by atoms with E-state index in [1.54, 1.807) is 0 Å². The second kappa shape index (κ2) is 7.28. The number of aryl methyl sites for hydroxylation is 1. The Labute approximate surface area is 159 Å². The predicted octanol–water partition coefficient (Wildman–Crippen LogP) is 5.28. The summed E-state index contributed by atoms with van der Waals surface area (Å²) in [6, 6.07) is 22.8. The monoisotopic (exact) mass is 356 g/mol. The number of fused-ring (bicyclic) bond motifs is 3. The molecule has 1 heterocycles. The van der Waals surface area contributed by atoms with E-state index < -0.39 is 0 Å². The van der Waals surface area contributed by atoms with Crippen molar-refractivity contribution in [2.75, 3.05) is 0 Å². The Bertz CT molecular complexity index is 1110. The number of carbonyl (C=O) groups is 1. The van der Waals surface area contributed by atoms with E-state index in [0.717, 1.165) is 34.8 Å². The fourth-order valence-corrected chi connectivity index (χ4v) is 3.87. The lowest BCUT2D eigenvalue weighted by atomic mass is 10.0. The van der Waals surface area contributed by atoms with Crippen molar-refractivity contribution >= 4 is 27.7 Å². The molecule has 2 N–H and O–H groups in total. The number of primary amides is 1. The van der Waals surface area contributed by atoms with Gasteiger partial charge >= 0.3 is 0 Å². The molecule has 1 amide bonds. The highest BCUT2D eigenvalue weighted by atomic mass is 16.1. The van der Waals surface area contributed by atoms with Gasteiger partial charge in [0.25, 0.3) is 0 Å². The van der Waals surface area contributed by atoms with Crippen molar-refractivity contribution in [1.82, 2.24) is 4.57 Å². The molecule has 3 heteroatoms. The van der Waals surface area contributed by atoms with Gasteiger partial charge in [-0.25, -0.2) is 0 Å². The van der Waals surface area contributed by atoms with E-state index in [1.165, 1.54) is 24.0 Å². The fraction of sp³-hybridized carbons (Fsp3) is 0.208. The summed E-state index contributed by atoms with van der Waals surface area (Å²) in [5.41, 5.74) is 11.1. The van der Waals surface area contributed by atoms with Crippen molar-refractivity contribution in [2.45, 2.75) is 32.7 Å². The number of carbonyl (C=O) groups excluding carboxylic acids is 1. The first kappa shape index (κ1) is 17.3. The molecule has 136 valence electrons. The number of aromatic nitrogens is 1. The number of unbranched alkanes of at least 4 members (excludes halogenated alkanes) is 1. The minimum Gasteiger partial charge on any atom is -0.366 e. The lowest BCUT2D eigenvalue weighted by Gasteiger charge is -2.09. The smallest absolute Gasteiger partial charge is 0.249 e. The standard InChI is InChI=1S/C24H24N2O/c1-2-3-8-17-13-14-19-22(15-17)26(16-18-9-5-4-6-10-18)21-12-7-11-20(23(19)21)24(25)27/h4-7,9-15H,2-3,8,16H2,1H3,(H2,25,27). The normalized spacial score (nSPS) is 11.3. The molecule has 0 fully saturated rings. The number of rotatable bonds is 6. The Morgan fingerprint density at radius 1 is 0.926 bits per heavy atom. The summed E-state index contributed by atoms with van der Waals surface area (Å²) in [4.78, 5) is 12.0. The van der Waals surface area contributed by atoms with E-state index in [-0.39, 0.29) is 5.91 Å². The van der Waals surface area contributed by atoms with Crippen LogP contribution in [-0.2, 0) is 13.0 Å². The number of benzene rings is 3. The molecule has 4 rings (SSSR count). The Kier molecular flexibility index (Phi) is 4.68. The highest BCUT2D eigenvalue weighted by Crippen LogP contribution is 2.33. The maximum Gasteiger partial charge on any atom is 0.249 e. The van der Waals surface area contributed by atoms with Gasteiger partial charge in [0.15, 0.2) is 0 Å². The van der Waals surface area contributed by atoms with Gasteiger partial charge in [-0.15, -0.1) is 0 Å². The molecular formula is C24H24N2O. The number of hydrogen-bond donors (Lipinski definition) is 1. The van der Waals surface area contributed by atoms with E-state index in [9.17, 15) is 4.79 Å². The third-order valence-corrected chi connectivity index (χ3v) is 5.22. The average Bonchev–Trinajstić information content (AvgIpc) is 3.00. The van der Waals surface area contributed by atoms with Gasteiger partial charge in [0, 0.05) is 28.4 Å². The van der Waals surface area contributed by atoms with Crippen LogP contribution in [0.3, 0.4) is 0 Å². The Morgan fingerprint density at radius 3 is 2.48 bits per heavy atom. The van der Waals surface area contributed by atoms with Gasteiger partial charge < -0.3 is 10.3 Å². The molecule has 0 aliphatic carbocycles. The maximum absolute atomic E-state index is 12.0. The summed E-state index contributed by atoms with van der Waals surface area (Å²) in [6.45, 7) is 2.98. The van der Waals surface area contributed by atoms with Crippen molar-refractivity contribution in [1.29, 1.82) is 0 Å². The molecular weight excluding hydrogens is 332 g/mol. The van der Waals surface area contributed by atoms with Crippen molar-refractivity contribution in [2.24, 2.45) is 5.73 Å². The highest BCUT2D eigenvalue weighted by molar-refractivity contribution is 6.17. The van der Waals surface area contributed by atoms with Crippen LogP contribution in [0.25, 0.3) is 21.8 Å². The van der Waals surface area contributed by atoms with Crippen LogP contribution in [0.4, 0.5) is 0 Å². The quantitative estimate of drug-likeness (QED) is 0.502. The Morgan fingerprint density at radius 2 is 1.74 bits per heavy atom. The summed E-state index contributed by atoms with van der Waals surface area (Å²) < 4.78 is 2.31. The van der Waals surface area contributed by atoms with Crippen LogP contribution in [0.1, 0.15) is 41.3 Å². The molecule has 0 spiro atoms. The fourth-order valence-electron chi connectivity index (χ4n) is 3.87. The van der Waals surface area contributed by atoms with Crippen molar-refractivity contribution < 1.29 is 4.79 Å². The lowest BCUT2D eigenvalue weighted by molar-refractivity contribution is 0.100. The first-order chi connectivity index (χ1) is 13.2. The van der Waals surface area contributed by atoms with Crippen molar-refractivity contribution in [3.8, 4) is 0 Å². The number of hydrogen-bond acceptors (Lipinski definition) is 1. The topological polar surface area (TPSA) is 48.0 Å². The summed E-state index contributed by atoms with van der Waals surface area (Å²) in [6.07, 6.45) is 3.43. The zero-order valence-corrected chi connectivity index (χ0v) is 15.6. The van der Waals surface area contributed by atoms with E-state index >= 15 is 0 Å². The largest absolute Gasteiger partial charge is 0.366 e. The van der Waals surface area contributed by atoms with Crippen LogP contribution >= 0.6 is 0 Å². The third-order valence-electron chi connectivity index (χ3n) is 5.22. The van der Waals surface area contributed by atoms with E-state index in [2.05, 4.69) is 60.0 Å². The van der Waals surface area contributed by atoms with Gasteiger partial charge in [0.05, 0.1) is 5.52 Å². The molecule has 27 heavy (non-hydrogen) atoms. The van der Waals surface area contributed by atoms with Crippen LogP contribution in [0, 0.1) is 0 Å². The van der Waals surface area contributed by atoms with Gasteiger partial charge in [0.2, 0.25) is 5.91 Å². The molecule has 1 aromatic heterocycles. The first-order valence-corrected chi connectivity index (χ1v) is 9.56. The lowest BCUT2D eigenvalue weighted by Crippen LogP contribution is -2.11. The molecule has 3 aromatic carbocycles.